The van der Waals surface area contributed by atoms with E-state index in [1.54, 1.807) is 6.07 Å². The standard InChI is InChI=1S/C19H20ClNO3/c20-17-9-21-10-19(16(17)11-22)24-12-13-5-1-2-6-14(13)15-7-3-4-8-18(15)23/h3-4,7-11,13-14,23H,1-2,5-6,12H2. The van der Waals surface area contributed by atoms with Crippen LogP contribution < -0.4 is 4.74 Å². The Morgan fingerprint density at radius 1 is 1.25 bits per heavy atom. The number of carbonyl (C=O) groups excluding carboxylic acids is 1. The van der Waals surface area contributed by atoms with Crippen molar-refractivity contribution in [3.05, 3.63) is 52.8 Å². The van der Waals surface area contributed by atoms with Crippen LogP contribution in [0.15, 0.2) is 36.7 Å². The highest BCUT2D eigenvalue weighted by Crippen LogP contribution is 2.41. The van der Waals surface area contributed by atoms with Gasteiger partial charge in [0.15, 0.2) is 6.29 Å². The predicted octanol–water partition coefficient (Wildman–Crippen LogP) is 4.61. The number of nitrogens with zero attached hydrogens (tertiary/aromatic N) is 1. The Balaban J connectivity index is 1.77. The maximum absolute atomic E-state index is 11.2. The topological polar surface area (TPSA) is 59.4 Å². The van der Waals surface area contributed by atoms with Crippen LogP contribution in [0.25, 0.3) is 0 Å². The molecule has 2 aromatic rings. The van der Waals surface area contributed by atoms with Crippen molar-refractivity contribution in [3.8, 4) is 11.5 Å². The third-order valence-corrected chi connectivity index (χ3v) is 5.02. The molecule has 126 valence electrons. The molecular weight excluding hydrogens is 326 g/mol. The third-order valence-electron chi connectivity index (χ3n) is 4.72. The molecule has 1 aliphatic carbocycles. The largest absolute Gasteiger partial charge is 0.508 e. The average molecular weight is 346 g/mol. The maximum Gasteiger partial charge on any atom is 0.155 e. The number of aldehydes is 1. The van der Waals surface area contributed by atoms with E-state index in [4.69, 9.17) is 16.3 Å². The van der Waals surface area contributed by atoms with Crippen molar-refractivity contribution in [2.75, 3.05) is 6.61 Å². The van der Waals surface area contributed by atoms with E-state index in [1.165, 1.54) is 12.4 Å². The molecule has 3 rings (SSSR count). The molecule has 0 radical (unpaired) electrons. The van der Waals surface area contributed by atoms with Crippen molar-refractivity contribution in [3.63, 3.8) is 0 Å². The van der Waals surface area contributed by atoms with Gasteiger partial charge in [-0.05, 0) is 36.3 Å². The van der Waals surface area contributed by atoms with Gasteiger partial charge in [0.05, 0.1) is 23.4 Å². The zero-order valence-corrected chi connectivity index (χ0v) is 14.1. The Labute approximate surface area is 146 Å². The Morgan fingerprint density at radius 2 is 2.04 bits per heavy atom. The first-order chi connectivity index (χ1) is 11.7. The number of ether oxygens (including phenoxy) is 1. The van der Waals surface area contributed by atoms with E-state index in [9.17, 15) is 9.90 Å². The Morgan fingerprint density at radius 3 is 2.83 bits per heavy atom. The quantitative estimate of drug-likeness (QED) is 0.804. The summed E-state index contributed by atoms with van der Waals surface area (Å²) in [5.41, 5.74) is 1.31. The smallest absolute Gasteiger partial charge is 0.155 e. The summed E-state index contributed by atoms with van der Waals surface area (Å²) in [7, 11) is 0. The first-order valence-corrected chi connectivity index (χ1v) is 8.58. The van der Waals surface area contributed by atoms with E-state index in [0.29, 0.717) is 35.0 Å². The van der Waals surface area contributed by atoms with E-state index in [1.807, 2.05) is 18.2 Å². The summed E-state index contributed by atoms with van der Waals surface area (Å²) in [5.74, 6) is 1.30. The normalized spacial score (nSPS) is 20.5. The fraction of sp³-hybridized carbons (Fsp3) is 0.368. The summed E-state index contributed by atoms with van der Waals surface area (Å²) in [6.45, 7) is 0.474. The highest BCUT2D eigenvalue weighted by atomic mass is 35.5. The molecule has 5 heteroatoms. The molecule has 1 saturated carbocycles. The van der Waals surface area contributed by atoms with Gasteiger partial charge in [-0.25, -0.2) is 0 Å². The number of carbonyl (C=O) groups is 1. The van der Waals surface area contributed by atoms with E-state index in [-0.39, 0.29) is 11.8 Å². The van der Waals surface area contributed by atoms with Crippen LogP contribution in [-0.2, 0) is 0 Å². The lowest BCUT2D eigenvalue weighted by Crippen LogP contribution is -2.24. The van der Waals surface area contributed by atoms with Crippen LogP contribution in [-0.4, -0.2) is 23.0 Å². The molecule has 1 N–H and O–H groups in total. The van der Waals surface area contributed by atoms with Crippen molar-refractivity contribution < 1.29 is 14.6 Å². The van der Waals surface area contributed by atoms with Crippen molar-refractivity contribution in [2.24, 2.45) is 5.92 Å². The predicted molar refractivity (Wildman–Crippen MR) is 92.9 cm³/mol. The first kappa shape index (κ1) is 16.8. The number of phenolic OH excluding ortho intramolecular Hbond substituents is 1. The number of aromatic nitrogens is 1. The van der Waals surface area contributed by atoms with Gasteiger partial charge in [0.1, 0.15) is 11.5 Å². The molecule has 0 spiro atoms. The zero-order chi connectivity index (χ0) is 16.9. The zero-order valence-electron chi connectivity index (χ0n) is 13.3. The number of phenols is 1. The summed E-state index contributed by atoms with van der Waals surface area (Å²) in [5, 5.41) is 10.5. The van der Waals surface area contributed by atoms with Crippen molar-refractivity contribution in [2.45, 2.75) is 31.6 Å². The number of hydrogen-bond acceptors (Lipinski definition) is 4. The molecule has 1 fully saturated rings. The van der Waals surface area contributed by atoms with E-state index >= 15 is 0 Å². The van der Waals surface area contributed by atoms with Crippen LogP contribution in [0.5, 0.6) is 11.5 Å². The van der Waals surface area contributed by atoms with Crippen LogP contribution in [0.2, 0.25) is 5.02 Å². The van der Waals surface area contributed by atoms with Gasteiger partial charge in [0, 0.05) is 6.20 Å². The lowest BCUT2D eigenvalue weighted by Gasteiger charge is -2.32. The van der Waals surface area contributed by atoms with Gasteiger partial charge in [0.25, 0.3) is 0 Å². The number of rotatable bonds is 5. The van der Waals surface area contributed by atoms with Crippen LogP contribution in [0, 0.1) is 5.92 Å². The maximum atomic E-state index is 11.2. The molecule has 1 heterocycles. The first-order valence-electron chi connectivity index (χ1n) is 8.20. The Bertz CT molecular complexity index is 720. The molecule has 1 aromatic heterocycles. The fourth-order valence-electron chi connectivity index (χ4n) is 3.47. The summed E-state index contributed by atoms with van der Waals surface area (Å²) >= 11 is 5.99. The van der Waals surface area contributed by atoms with Crippen molar-refractivity contribution in [1.82, 2.24) is 4.98 Å². The van der Waals surface area contributed by atoms with Crippen LogP contribution >= 0.6 is 11.6 Å². The number of para-hydroxylation sites is 1. The minimum Gasteiger partial charge on any atom is -0.508 e. The monoisotopic (exact) mass is 345 g/mol. The molecular formula is C19H20ClNO3. The van der Waals surface area contributed by atoms with Gasteiger partial charge in [0.2, 0.25) is 0 Å². The van der Waals surface area contributed by atoms with Crippen molar-refractivity contribution >= 4 is 17.9 Å². The number of benzene rings is 1. The third kappa shape index (κ3) is 3.54. The molecule has 1 aromatic carbocycles. The number of pyridine rings is 1. The number of aromatic hydroxyl groups is 1. The summed E-state index contributed by atoms with van der Waals surface area (Å²) in [6.07, 6.45) is 8.00. The minimum absolute atomic E-state index is 0.256. The van der Waals surface area contributed by atoms with Gasteiger partial charge in [-0.3, -0.25) is 9.78 Å². The molecule has 0 bridgehead atoms. The fourth-order valence-corrected chi connectivity index (χ4v) is 3.67. The van der Waals surface area contributed by atoms with E-state index < -0.39 is 0 Å². The highest BCUT2D eigenvalue weighted by molar-refractivity contribution is 6.33. The molecule has 2 atom stereocenters. The molecule has 2 unspecified atom stereocenters. The molecule has 0 saturated heterocycles. The van der Waals surface area contributed by atoms with Crippen LogP contribution in [0.1, 0.15) is 47.5 Å². The van der Waals surface area contributed by atoms with Gasteiger partial charge in [-0.1, -0.05) is 42.6 Å². The highest BCUT2D eigenvalue weighted by Gasteiger charge is 2.29. The lowest BCUT2D eigenvalue weighted by molar-refractivity contribution is 0.111. The second kappa shape index (κ2) is 7.67. The number of halogens is 1. The summed E-state index contributed by atoms with van der Waals surface area (Å²) in [6, 6.07) is 7.50. The molecule has 0 aliphatic heterocycles. The molecule has 0 amide bonds. The lowest BCUT2D eigenvalue weighted by atomic mass is 9.75. The Kier molecular flexibility index (Phi) is 5.36. The van der Waals surface area contributed by atoms with Gasteiger partial charge in [-0.2, -0.15) is 0 Å². The average Bonchev–Trinajstić information content (AvgIpc) is 2.61. The SMILES string of the molecule is O=Cc1c(Cl)cncc1OCC1CCCCC1c1ccccc1O. The summed E-state index contributed by atoms with van der Waals surface area (Å²) < 4.78 is 5.88. The van der Waals surface area contributed by atoms with E-state index in [0.717, 1.165) is 31.2 Å². The van der Waals surface area contributed by atoms with E-state index in [2.05, 4.69) is 4.98 Å². The summed E-state index contributed by atoms with van der Waals surface area (Å²) in [4.78, 5) is 15.2. The second-order valence-electron chi connectivity index (χ2n) is 6.17. The Hall–Kier alpha value is -2.07. The molecule has 24 heavy (non-hydrogen) atoms. The van der Waals surface area contributed by atoms with Gasteiger partial charge in [-0.15, -0.1) is 0 Å². The van der Waals surface area contributed by atoms with Gasteiger partial charge >= 0.3 is 0 Å². The van der Waals surface area contributed by atoms with Crippen LogP contribution in [0.3, 0.4) is 0 Å². The molecule has 1 aliphatic rings. The van der Waals surface area contributed by atoms with Crippen LogP contribution in [0.4, 0.5) is 0 Å². The van der Waals surface area contributed by atoms with Crippen molar-refractivity contribution in [1.29, 1.82) is 0 Å². The number of hydrogen-bond donors (Lipinski definition) is 1. The second-order valence-corrected chi connectivity index (χ2v) is 6.58. The molecule has 4 nitrogen and oxygen atoms in total. The van der Waals surface area contributed by atoms with Gasteiger partial charge < -0.3 is 9.84 Å². The minimum atomic E-state index is 0.256.